The van der Waals surface area contributed by atoms with Crippen molar-refractivity contribution < 1.29 is 9.26 Å². The molecule has 0 spiro atoms. The molecule has 18 heavy (non-hydrogen) atoms. The Kier molecular flexibility index (Phi) is 7.37. The Balaban J connectivity index is 2.05. The lowest BCUT2D eigenvalue weighted by molar-refractivity contribution is 0.217. The van der Waals surface area contributed by atoms with E-state index in [0.717, 1.165) is 43.7 Å². The molecule has 1 aromatic heterocycles. The quantitative estimate of drug-likeness (QED) is 0.375. The number of unbranched alkanes of at least 4 members (excludes halogenated alkanes) is 2. The van der Waals surface area contributed by atoms with Crippen LogP contribution < -0.4 is 0 Å². The van der Waals surface area contributed by atoms with Crippen molar-refractivity contribution in [2.24, 2.45) is 0 Å². The zero-order valence-electron chi connectivity index (χ0n) is 11.0. The molecule has 1 heterocycles. The first-order valence-electron chi connectivity index (χ1n) is 6.34. The first-order valence-corrected chi connectivity index (χ1v) is 6.34. The van der Waals surface area contributed by atoms with Crippen LogP contribution in [0.3, 0.4) is 0 Å². The van der Waals surface area contributed by atoms with E-state index < -0.39 is 0 Å². The van der Waals surface area contributed by atoms with Gasteiger partial charge in [-0.1, -0.05) is 23.9 Å². The van der Waals surface area contributed by atoms with E-state index in [1.54, 1.807) is 12.3 Å². The van der Waals surface area contributed by atoms with Gasteiger partial charge >= 0.3 is 0 Å². The normalized spacial score (nSPS) is 11.9. The van der Waals surface area contributed by atoms with Crippen LogP contribution in [0.5, 0.6) is 0 Å². The highest BCUT2D eigenvalue weighted by Crippen LogP contribution is 2.06. The van der Waals surface area contributed by atoms with Crippen LogP contribution in [0.1, 0.15) is 31.9 Å². The fraction of sp³-hybridized carbons (Fsp3) is 0.400. The lowest BCUT2D eigenvalue weighted by atomic mass is 10.1. The van der Waals surface area contributed by atoms with Crippen LogP contribution in [0, 0.1) is 0 Å². The summed E-state index contributed by atoms with van der Waals surface area (Å²) < 4.78 is 10.4. The van der Waals surface area contributed by atoms with Crippen LogP contribution in [0.4, 0.5) is 0 Å². The summed E-state index contributed by atoms with van der Waals surface area (Å²) in [6.07, 6.45) is 13.4. The fourth-order valence-electron chi connectivity index (χ4n) is 1.51. The maximum atomic E-state index is 5.59. The number of nitrogens with zero attached hydrogens (tertiary/aromatic N) is 1. The average molecular weight is 247 g/mol. The molecule has 0 saturated carbocycles. The minimum Gasteiger partial charge on any atom is -0.494 e. The van der Waals surface area contributed by atoms with E-state index in [4.69, 9.17) is 9.26 Å². The summed E-state index contributed by atoms with van der Waals surface area (Å²) in [5.41, 5.74) is 1.02. The summed E-state index contributed by atoms with van der Waals surface area (Å²) in [7, 11) is 0. The lowest BCUT2D eigenvalue weighted by Gasteiger charge is -2.05. The Labute approximate surface area is 109 Å². The number of aromatic nitrogens is 1. The van der Waals surface area contributed by atoms with E-state index in [2.05, 4.69) is 11.7 Å². The molecule has 0 saturated heterocycles. The molecule has 0 fully saturated rings. The Bertz CT molecular complexity index is 377. The van der Waals surface area contributed by atoms with Gasteiger partial charge in [0.15, 0.2) is 0 Å². The van der Waals surface area contributed by atoms with Crippen LogP contribution in [-0.4, -0.2) is 11.8 Å². The molecule has 0 aromatic carbocycles. The van der Waals surface area contributed by atoms with E-state index >= 15 is 0 Å². The Hall–Kier alpha value is -1.77. The molecule has 98 valence electrons. The fourth-order valence-corrected chi connectivity index (χ4v) is 1.51. The van der Waals surface area contributed by atoms with Gasteiger partial charge in [-0.05, 0) is 44.8 Å². The molecule has 0 radical (unpaired) electrons. The largest absolute Gasteiger partial charge is 0.494 e. The molecule has 0 aliphatic heterocycles. The summed E-state index contributed by atoms with van der Waals surface area (Å²) >= 11 is 0. The van der Waals surface area contributed by atoms with Crippen LogP contribution >= 0.6 is 0 Å². The maximum absolute atomic E-state index is 5.59. The summed E-state index contributed by atoms with van der Waals surface area (Å²) in [5, 5.41) is 3.87. The predicted molar refractivity (Wildman–Crippen MR) is 73.1 cm³/mol. The van der Waals surface area contributed by atoms with Crippen molar-refractivity contribution in [1.82, 2.24) is 5.16 Å². The first-order chi connectivity index (χ1) is 8.86. The van der Waals surface area contributed by atoms with Crippen molar-refractivity contribution >= 4 is 0 Å². The highest BCUT2D eigenvalue weighted by atomic mass is 16.5. The lowest BCUT2D eigenvalue weighted by Crippen LogP contribution is -1.94. The molecule has 0 N–H and O–H groups in total. The van der Waals surface area contributed by atoms with Crippen molar-refractivity contribution in [2.75, 3.05) is 6.61 Å². The van der Waals surface area contributed by atoms with Crippen molar-refractivity contribution in [1.29, 1.82) is 0 Å². The van der Waals surface area contributed by atoms with E-state index in [1.807, 2.05) is 31.2 Å². The standard InChI is InChI=1S/C15H21NO2/c1-3-5-10-15(4-2)17-12-8-6-7-9-14-11-13-18-16-14/h3-5,10-11,13H,2,6-9,12H2,1H3/b5-3-,15-10+. The van der Waals surface area contributed by atoms with Gasteiger partial charge in [0.05, 0.1) is 12.3 Å². The van der Waals surface area contributed by atoms with Gasteiger partial charge in [0.1, 0.15) is 12.0 Å². The van der Waals surface area contributed by atoms with Crippen LogP contribution in [0.2, 0.25) is 0 Å². The van der Waals surface area contributed by atoms with Gasteiger partial charge in [0, 0.05) is 6.07 Å². The van der Waals surface area contributed by atoms with Crippen LogP contribution in [0.25, 0.3) is 0 Å². The van der Waals surface area contributed by atoms with Gasteiger partial charge in [-0.25, -0.2) is 0 Å². The molecule has 3 heteroatoms. The second-order valence-corrected chi connectivity index (χ2v) is 3.95. The highest BCUT2D eigenvalue weighted by Gasteiger charge is 1.97. The number of ether oxygens (including phenoxy) is 1. The zero-order valence-corrected chi connectivity index (χ0v) is 11.0. The minimum absolute atomic E-state index is 0.730. The van der Waals surface area contributed by atoms with Crippen LogP contribution in [0.15, 0.2) is 53.5 Å². The number of hydrogen-bond donors (Lipinski definition) is 0. The number of rotatable bonds is 9. The monoisotopic (exact) mass is 247 g/mol. The Morgan fingerprint density at radius 2 is 2.33 bits per heavy atom. The first kappa shape index (κ1) is 14.3. The van der Waals surface area contributed by atoms with E-state index in [0.29, 0.717) is 0 Å². The van der Waals surface area contributed by atoms with E-state index in [-0.39, 0.29) is 0 Å². The average Bonchev–Trinajstić information content (AvgIpc) is 2.90. The zero-order chi connectivity index (χ0) is 13.1. The third-order valence-corrected chi connectivity index (χ3v) is 2.49. The minimum atomic E-state index is 0.730. The number of hydrogen-bond acceptors (Lipinski definition) is 3. The molecular weight excluding hydrogens is 226 g/mol. The van der Waals surface area contributed by atoms with E-state index in [9.17, 15) is 0 Å². The summed E-state index contributed by atoms with van der Waals surface area (Å²) in [6.45, 7) is 6.42. The summed E-state index contributed by atoms with van der Waals surface area (Å²) in [4.78, 5) is 0. The van der Waals surface area contributed by atoms with Crippen molar-refractivity contribution in [3.8, 4) is 0 Å². The second kappa shape index (κ2) is 9.28. The van der Waals surface area contributed by atoms with E-state index in [1.165, 1.54) is 0 Å². The maximum Gasteiger partial charge on any atom is 0.124 e. The third-order valence-electron chi connectivity index (χ3n) is 2.49. The highest BCUT2D eigenvalue weighted by molar-refractivity contribution is 5.15. The molecule has 1 rings (SSSR count). The number of allylic oxidation sites excluding steroid dienone is 4. The molecule has 0 aliphatic rings. The van der Waals surface area contributed by atoms with Crippen molar-refractivity contribution in [3.05, 3.63) is 54.7 Å². The topological polar surface area (TPSA) is 35.3 Å². The van der Waals surface area contributed by atoms with Gasteiger partial charge < -0.3 is 9.26 Å². The second-order valence-electron chi connectivity index (χ2n) is 3.95. The predicted octanol–water partition coefficient (Wildman–Crippen LogP) is 4.05. The van der Waals surface area contributed by atoms with Crippen LogP contribution in [-0.2, 0) is 11.2 Å². The Morgan fingerprint density at radius 1 is 1.44 bits per heavy atom. The Morgan fingerprint density at radius 3 is 3.00 bits per heavy atom. The van der Waals surface area contributed by atoms with Gasteiger partial charge in [0.2, 0.25) is 0 Å². The molecule has 0 atom stereocenters. The van der Waals surface area contributed by atoms with Gasteiger partial charge in [-0.2, -0.15) is 0 Å². The van der Waals surface area contributed by atoms with Gasteiger partial charge in [0.25, 0.3) is 0 Å². The summed E-state index contributed by atoms with van der Waals surface area (Å²) in [6, 6.07) is 1.91. The van der Waals surface area contributed by atoms with Gasteiger partial charge in [-0.15, -0.1) is 0 Å². The molecule has 3 nitrogen and oxygen atoms in total. The molecule has 0 unspecified atom stereocenters. The van der Waals surface area contributed by atoms with Crippen molar-refractivity contribution in [2.45, 2.75) is 32.6 Å². The SMILES string of the molecule is C=C/C(=C\C=C/C)OCCCCCc1ccon1. The van der Waals surface area contributed by atoms with Gasteiger partial charge in [-0.3, -0.25) is 0 Å². The smallest absolute Gasteiger partial charge is 0.124 e. The molecule has 0 bridgehead atoms. The number of aryl methyl sites for hydroxylation is 1. The third kappa shape index (κ3) is 6.09. The molecule has 0 aliphatic carbocycles. The molecular formula is C15H21NO2. The molecule has 0 amide bonds. The summed E-state index contributed by atoms with van der Waals surface area (Å²) in [5.74, 6) is 0.824. The molecule has 1 aromatic rings. The van der Waals surface area contributed by atoms with Crippen molar-refractivity contribution in [3.63, 3.8) is 0 Å².